The van der Waals surface area contributed by atoms with E-state index >= 15 is 0 Å². The third-order valence-electron chi connectivity index (χ3n) is 4.12. The van der Waals surface area contributed by atoms with Gasteiger partial charge in [0, 0.05) is 36.1 Å². The van der Waals surface area contributed by atoms with E-state index in [1.165, 1.54) is 0 Å². The summed E-state index contributed by atoms with van der Waals surface area (Å²) in [6, 6.07) is 14.0. The first-order valence-corrected chi connectivity index (χ1v) is 9.26. The molecule has 6 heteroatoms. The van der Waals surface area contributed by atoms with E-state index in [2.05, 4.69) is 16.4 Å². The second-order valence-corrected chi connectivity index (χ2v) is 7.27. The summed E-state index contributed by atoms with van der Waals surface area (Å²) in [5, 5.41) is 9.18. The Balaban J connectivity index is 1.94. The number of rotatable bonds is 2. The molecule has 0 bridgehead atoms. The number of aromatic nitrogens is 3. The Morgan fingerprint density at radius 3 is 2.83 bits per heavy atom. The lowest BCUT2D eigenvalue weighted by molar-refractivity contribution is 0.773. The van der Waals surface area contributed by atoms with Crippen LogP contribution in [0.25, 0.3) is 11.4 Å². The summed E-state index contributed by atoms with van der Waals surface area (Å²) in [5.74, 6) is 2.05. The maximum Gasteiger partial charge on any atom is 0.129 e. The summed E-state index contributed by atoms with van der Waals surface area (Å²) >= 11 is 8.39. The molecule has 0 saturated heterocycles. The van der Waals surface area contributed by atoms with Gasteiger partial charge in [0.2, 0.25) is 0 Å². The smallest absolute Gasteiger partial charge is 0.129 e. The number of thioether (sulfide) groups is 1. The van der Waals surface area contributed by atoms with Crippen molar-refractivity contribution in [3.8, 4) is 11.4 Å². The zero-order chi connectivity index (χ0) is 16.5. The van der Waals surface area contributed by atoms with Crippen molar-refractivity contribution in [3.63, 3.8) is 0 Å². The third kappa shape index (κ3) is 2.68. The maximum absolute atomic E-state index is 6.51. The minimum Gasteiger partial charge on any atom is -0.369 e. The van der Waals surface area contributed by atoms with Crippen LogP contribution in [-0.4, -0.2) is 27.1 Å². The van der Waals surface area contributed by atoms with E-state index in [-0.39, 0.29) is 5.25 Å². The molecule has 0 aliphatic carbocycles. The second kappa shape index (κ2) is 6.49. The van der Waals surface area contributed by atoms with Crippen LogP contribution in [0.3, 0.4) is 0 Å². The van der Waals surface area contributed by atoms with E-state index in [4.69, 9.17) is 16.7 Å². The van der Waals surface area contributed by atoms with Crippen molar-refractivity contribution in [3.05, 3.63) is 64.8 Å². The Morgan fingerprint density at radius 1 is 1.21 bits per heavy atom. The van der Waals surface area contributed by atoms with E-state index in [0.717, 1.165) is 45.7 Å². The van der Waals surface area contributed by atoms with Crippen LogP contribution in [0, 0.1) is 0 Å². The minimum atomic E-state index is 0.134. The number of fused-ring (bicyclic) bond motifs is 1. The molecule has 2 aromatic heterocycles. The highest BCUT2D eigenvalue weighted by molar-refractivity contribution is 7.99. The molecule has 1 aliphatic heterocycles. The highest BCUT2D eigenvalue weighted by Gasteiger charge is 2.30. The number of aryl methyl sites for hydroxylation is 1. The van der Waals surface area contributed by atoms with Gasteiger partial charge in [0.05, 0.1) is 10.9 Å². The van der Waals surface area contributed by atoms with Gasteiger partial charge in [-0.2, -0.15) is 5.10 Å². The number of nitrogens with zero attached hydrogens (tertiary/aromatic N) is 3. The van der Waals surface area contributed by atoms with Crippen molar-refractivity contribution in [2.45, 2.75) is 5.25 Å². The summed E-state index contributed by atoms with van der Waals surface area (Å²) in [6.07, 6.45) is 1.80. The predicted molar refractivity (Wildman–Crippen MR) is 101 cm³/mol. The molecule has 4 nitrogen and oxygen atoms in total. The van der Waals surface area contributed by atoms with E-state index in [1.54, 1.807) is 6.20 Å². The number of halogens is 1. The fraction of sp³-hybridized carbons (Fsp3) is 0.222. The summed E-state index contributed by atoms with van der Waals surface area (Å²) in [7, 11) is 1.97. The summed E-state index contributed by atoms with van der Waals surface area (Å²) in [5.41, 5.74) is 4.08. The van der Waals surface area contributed by atoms with E-state index in [0.29, 0.717) is 0 Å². The van der Waals surface area contributed by atoms with Crippen LogP contribution in [0.15, 0.2) is 48.7 Å². The van der Waals surface area contributed by atoms with Crippen molar-refractivity contribution in [1.29, 1.82) is 0 Å². The van der Waals surface area contributed by atoms with Gasteiger partial charge in [-0.1, -0.05) is 35.9 Å². The third-order valence-corrected chi connectivity index (χ3v) is 5.73. The Bertz CT molecular complexity index is 863. The van der Waals surface area contributed by atoms with Gasteiger partial charge in [-0.05, 0) is 23.8 Å². The fourth-order valence-corrected chi connectivity index (χ4v) is 4.59. The lowest BCUT2D eigenvalue weighted by Crippen LogP contribution is -2.06. The number of hydrogen-bond donors (Lipinski definition) is 1. The molecule has 1 atom stereocenters. The Hall–Kier alpha value is -1.98. The van der Waals surface area contributed by atoms with Gasteiger partial charge in [0.25, 0.3) is 0 Å². The molecule has 0 saturated carbocycles. The lowest BCUT2D eigenvalue weighted by atomic mass is 10.0. The van der Waals surface area contributed by atoms with Crippen LogP contribution in [0.2, 0.25) is 5.02 Å². The molecule has 122 valence electrons. The van der Waals surface area contributed by atoms with Gasteiger partial charge in [0.1, 0.15) is 11.5 Å². The molecular weight excluding hydrogens is 340 g/mol. The van der Waals surface area contributed by atoms with Crippen molar-refractivity contribution in [1.82, 2.24) is 14.8 Å². The van der Waals surface area contributed by atoms with Crippen LogP contribution in [-0.2, 0) is 7.05 Å². The van der Waals surface area contributed by atoms with Crippen molar-refractivity contribution in [2.24, 2.45) is 7.05 Å². The van der Waals surface area contributed by atoms with Gasteiger partial charge in [-0.25, -0.2) is 0 Å². The predicted octanol–water partition coefficient (Wildman–Crippen LogP) is 4.38. The number of nitrogens with one attached hydrogen (secondary N) is 1. The molecule has 3 aromatic rings. The first-order valence-electron chi connectivity index (χ1n) is 7.84. The Morgan fingerprint density at radius 2 is 2.04 bits per heavy atom. The zero-order valence-corrected chi connectivity index (χ0v) is 14.8. The van der Waals surface area contributed by atoms with Gasteiger partial charge < -0.3 is 5.32 Å². The molecule has 0 amide bonds. The number of pyridine rings is 1. The monoisotopic (exact) mass is 356 g/mol. The van der Waals surface area contributed by atoms with E-state index < -0.39 is 0 Å². The molecule has 0 spiro atoms. The first-order chi connectivity index (χ1) is 11.8. The van der Waals surface area contributed by atoms with Crippen molar-refractivity contribution < 1.29 is 0 Å². The lowest BCUT2D eigenvalue weighted by Gasteiger charge is -2.17. The Kier molecular flexibility index (Phi) is 4.21. The second-order valence-electron chi connectivity index (χ2n) is 5.65. The van der Waals surface area contributed by atoms with Crippen molar-refractivity contribution >= 4 is 29.2 Å². The molecule has 1 aliphatic rings. The van der Waals surface area contributed by atoms with Crippen LogP contribution >= 0.6 is 23.4 Å². The molecular formula is C18H17ClN4S. The van der Waals surface area contributed by atoms with Gasteiger partial charge in [-0.3, -0.25) is 9.67 Å². The largest absolute Gasteiger partial charge is 0.369 e. The Labute approximate surface area is 150 Å². The summed E-state index contributed by atoms with van der Waals surface area (Å²) in [4.78, 5) is 4.51. The molecule has 1 N–H and O–H groups in total. The van der Waals surface area contributed by atoms with Gasteiger partial charge >= 0.3 is 0 Å². The highest BCUT2D eigenvalue weighted by Crippen LogP contribution is 2.46. The minimum absolute atomic E-state index is 0.134. The van der Waals surface area contributed by atoms with Crippen LogP contribution in [0.1, 0.15) is 16.4 Å². The molecule has 0 fully saturated rings. The van der Waals surface area contributed by atoms with Crippen molar-refractivity contribution in [2.75, 3.05) is 17.6 Å². The van der Waals surface area contributed by atoms with E-state index in [1.807, 2.05) is 59.9 Å². The maximum atomic E-state index is 6.51. The van der Waals surface area contributed by atoms with Gasteiger partial charge in [0.15, 0.2) is 0 Å². The van der Waals surface area contributed by atoms with Crippen LogP contribution < -0.4 is 5.32 Å². The van der Waals surface area contributed by atoms with E-state index in [9.17, 15) is 0 Å². The quantitative estimate of drug-likeness (QED) is 0.739. The highest BCUT2D eigenvalue weighted by atomic mass is 35.5. The molecule has 1 unspecified atom stereocenters. The molecule has 4 rings (SSSR count). The van der Waals surface area contributed by atoms with Crippen LogP contribution in [0.4, 0.5) is 5.82 Å². The fourth-order valence-electron chi connectivity index (χ4n) is 3.05. The topological polar surface area (TPSA) is 42.7 Å². The summed E-state index contributed by atoms with van der Waals surface area (Å²) < 4.78 is 1.91. The van der Waals surface area contributed by atoms with Crippen LogP contribution in [0.5, 0.6) is 0 Å². The molecule has 24 heavy (non-hydrogen) atoms. The first kappa shape index (κ1) is 15.5. The molecule has 1 aromatic carbocycles. The normalized spacial score (nSPS) is 17.0. The molecule has 0 radical (unpaired) electrons. The standard InChI is InChI=1S/C18H17ClN4S/c1-23-18-15(16(22-23)14-8-4-5-9-20-14)17(24-11-10-21-18)12-6-2-3-7-13(12)19/h2-9,17,21H,10-11H2,1H3. The average molecular weight is 357 g/mol. The van der Waals surface area contributed by atoms with Gasteiger partial charge in [-0.15, -0.1) is 11.8 Å². The number of anilines is 1. The SMILES string of the molecule is Cn1nc(-c2ccccn2)c2c1NCCSC2c1ccccc1Cl. The number of benzene rings is 1. The number of hydrogen-bond acceptors (Lipinski definition) is 4. The average Bonchev–Trinajstić information content (AvgIpc) is 2.80. The zero-order valence-electron chi connectivity index (χ0n) is 13.2. The molecule has 3 heterocycles. The summed E-state index contributed by atoms with van der Waals surface area (Å²) in [6.45, 7) is 0.903.